The molecule has 0 saturated heterocycles. The summed E-state index contributed by atoms with van der Waals surface area (Å²) in [5.74, 6) is 1.49. The standard InChI is InChI=1S/C14H18BrNO/c1-11(5-7-15)6-8-17-14-9-13(10-16)4-3-12(14)2/h3-4,9,11H,5-8H2,1-2H3. The van der Waals surface area contributed by atoms with Crippen LogP contribution in [0.15, 0.2) is 18.2 Å². The van der Waals surface area contributed by atoms with Gasteiger partial charge in [-0.05, 0) is 43.4 Å². The lowest BCUT2D eigenvalue weighted by Crippen LogP contribution is -2.05. The minimum Gasteiger partial charge on any atom is -0.493 e. The quantitative estimate of drug-likeness (QED) is 0.742. The average Bonchev–Trinajstić information content (AvgIpc) is 2.32. The van der Waals surface area contributed by atoms with Crippen molar-refractivity contribution in [2.75, 3.05) is 11.9 Å². The van der Waals surface area contributed by atoms with Crippen molar-refractivity contribution >= 4 is 15.9 Å². The van der Waals surface area contributed by atoms with Gasteiger partial charge in [0.05, 0.1) is 18.2 Å². The maximum atomic E-state index is 8.83. The van der Waals surface area contributed by atoms with Crippen molar-refractivity contribution in [1.29, 1.82) is 5.26 Å². The summed E-state index contributed by atoms with van der Waals surface area (Å²) in [7, 11) is 0. The highest BCUT2D eigenvalue weighted by Gasteiger charge is 2.04. The van der Waals surface area contributed by atoms with Crippen LogP contribution in [0.4, 0.5) is 0 Å². The molecule has 0 fully saturated rings. The van der Waals surface area contributed by atoms with Crippen LogP contribution in [-0.2, 0) is 0 Å². The maximum Gasteiger partial charge on any atom is 0.123 e. The number of hydrogen-bond acceptors (Lipinski definition) is 2. The number of nitrogens with zero attached hydrogens (tertiary/aromatic N) is 1. The van der Waals surface area contributed by atoms with Gasteiger partial charge in [-0.1, -0.05) is 28.9 Å². The van der Waals surface area contributed by atoms with Gasteiger partial charge in [0.15, 0.2) is 0 Å². The third-order valence-corrected chi connectivity index (χ3v) is 3.25. The lowest BCUT2D eigenvalue weighted by Gasteiger charge is -2.12. The van der Waals surface area contributed by atoms with E-state index in [1.54, 1.807) is 0 Å². The highest BCUT2D eigenvalue weighted by molar-refractivity contribution is 9.09. The van der Waals surface area contributed by atoms with E-state index in [1.807, 2.05) is 25.1 Å². The van der Waals surface area contributed by atoms with Crippen molar-refractivity contribution in [2.45, 2.75) is 26.7 Å². The predicted molar refractivity (Wildman–Crippen MR) is 73.6 cm³/mol. The fourth-order valence-electron chi connectivity index (χ4n) is 1.53. The molecular formula is C14H18BrNO. The third-order valence-electron chi connectivity index (χ3n) is 2.79. The molecule has 1 aromatic rings. The molecule has 1 aromatic carbocycles. The van der Waals surface area contributed by atoms with E-state index in [-0.39, 0.29) is 0 Å². The zero-order valence-electron chi connectivity index (χ0n) is 10.4. The Labute approximate surface area is 112 Å². The van der Waals surface area contributed by atoms with Crippen molar-refractivity contribution in [3.63, 3.8) is 0 Å². The predicted octanol–water partition coefficient (Wildman–Crippen LogP) is 4.06. The number of hydrogen-bond donors (Lipinski definition) is 0. The molecule has 0 spiro atoms. The van der Waals surface area contributed by atoms with E-state index in [1.165, 1.54) is 6.42 Å². The smallest absolute Gasteiger partial charge is 0.123 e. The first-order chi connectivity index (χ1) is 8.17. The first kappa shape index (κ1) is 14.1. The lowest BCUT2D eigenvalue weighted by atomic mass is 10.1. The largest absolute Gasteiger partial charge is 0.493 e. The molecule has 1 rings (SSSR count). The van der Waals surface area contributed by atoms with Crippen LogP contribution in [-0.4, -0.2) is 11.9 Å². The van der Waals surface area contributed by atoms with Gasteiger partial charge >= 0.3 is 0 Å². The molecular weight excluding hydrogens is 278 g/mol. The van der Waals surface area contributed by atoms with E-state index >= 15 is 0 Å². The van der Waals surface area contributed by atoms with E-state index in [9.17, 15) is 0 Å². The maximum absolute atomic E-state index is 8.83. The van der Waals surface area contributed by atoms with Gasteiger partial charge in [0, 0.05) is 5.33 Å². The average molecular weight is 296 g/mol. The van der Waals surface area contributed by atoms with Crippen LogP contribution in [0.3, 0.4) is 0 Å². The Morgan fingerprint density at radius 3 is 2.82 bits per heavy atom. The summed E-state index contributed by atoms with van der Waals surface area (Å²) >= 11 is 3.44. The Hall–Kier alpha value is -1.01. The molecule has 0 radical (unpaired) electrons. The first-order valence-electron chi connectivity index (χ1n) is 5.87. The summed E-state index contributed by atoms with van der Waals surface area (Å²) in [6, 6.07) is 7.68. The molecule has 1 atom stereocenters. The second-order valence-corrected chi connectivity index (χ2v) is 5.11. The number of benzene rings is 1. The highest BCUT2D eigenvalue weighted by atomic mass is 79.9. The summed E-state index contributed by atoms with van der Waals surface area (Å²) in [6.45, 7) is 4.94. The minimum atomic E-state index is 0.652. The molecule has 0 aliphatic carbocycles. The zero-order chi connectivity index (χ0) is 12.7. The van der Waals surface area contributed by atoms with Gasteiger partial charge in [0.1, 0.15) is 5.75 Å². The van der Waals surface area contributed by atoms with Crippen molar-refractivity contribution in [3.8, 4) is 11.8 Å². The first-order valence-corrected chi connectivity index (χ1v) is 6.99. The number of nitriles is 1. The highest BCUT2D eigenvalue weighted by Crippen LogP contribution is 2.20. The molecule has 0 aromatic heterocycles. The summed E-state index contributed by atoms with van der Waals surface area (Å²) in [6.07, 6.45) is 2.21. The Morgan fingerprint density at radius 2 is 2.18 bits per heavy atom. The van der Waals surface area contributed by atoms with E-state index in [0.717, 1.165) is 23.1 Å². The van der Waals surface area contributed by atoms with Crippen molar-refractivity contribution in [3.05, 3.63) is 29.3 Å². The Bertz CT molecular complexity index is 398. The zero-order valence-corrected chi connectivity index (χ0v) is 12.0. The van der Waals surface area contributed by atoms with Gasteiger partial charge in [0.25, 0.3) is 0 Å². The Balaban J connectivity index is 2.49. The molecule has 0 heterocycles. The summed E-state index contributed by atoms with van der Waals surface area (Å²) < 4.78 is 5.73. The van der Waals surface area contributed by atoms with Gasteiger partial charge in [-0.2, -0.15) is 5.26 Å². The van der Waals surface area contributed by atoms with Gasteiger partial charge < -0.3 is 4.74 Å². The third kappa shape index (κ3) is 4.79. The molecule has 0 aliphatic rings. The molecule has 0 aliphatic heterocycles. The number of aryl methyl sites for hydroxylation is 1. The topological polar surface area (TPSA) is 33.0 Å². The van der Waals surface area contributed by atoms with Crippen LogP contribution in [0.25, 0.3) is 0 Å². The van der Waals surface area contributed by atoms with Crippen LogP contribution < -0.4 is 4.74 Å². The second kappa shape index (κ2) is 7.34. The molecule has 3 heteroatoms. The van der Waals surface area contributed by atoms with Crippen molar-refractivity contribution in [2.24, 2.45) is 5.92 Å². The van der Waals surface area contributed by atoms with Crippen molar-refractivity contribution < 1.29 is 4.74 Å². The molecule has 2 nitrogen and oxygen atoms in total. The SMILES string of the molecule is Cc1ccc(C#N)cc1OCCC(C)CCBr. The summed E-state index contributed by atoms with van der Waals surface area (Å²) in [5, 5.41) is 9.86. The lowest BCUT2D eigenvalue weighted by molar-refractivity contribution is 0.280. The van der Waals surface area contributed by atoms with E-state index in [4.69, 9.17) is 10.00 Å². The van der Waals surface area contributed by atoms with Gasteiger partial charge in [-0.25, -0.2) is 0 Å². The van der Waals surface area contributed by atoms with Gasteiger partial charge in [0.2, 0.25) is 0 Å². The monoisotopic (exact) mass is 295 g/mol. The molecule has 0 N–H and O–H groups in total. The minimum absolute atomic E-state index is 0.652. The molecule has 92 valence electrons. The molecule has 0 saturated carbocycles. The fraction of sp³-hybridized carbons (Fsp3) is 0.500. The Morgan fingerprint density at radius 1 is 1.41 bits per heavy atom. The van der Waals surface area contributed by atoms with E-state index < -0.39 is 0 Å². The molecule has 0 amide bonds. The van der Waals surface area contributed by atoms with Crippen LogP contribution in [0.5, 0.6) is 5.75 Å². The number of alkyl halides is 1. The Kier molecular flexibility index (Phi) is 6.07. The number of halogens is 1. The van der Waals surface area contributed by atoms with Gasteiger partial charge in [-0.15, -0.1) is 0 Å². The van der Waals surface area contributed by atoms with Gasteiger partial charge in [-0.3, -0.25) is 0 Å². The number of ether oxygens (including phenoxy) is 1. The van der Waals surface area contributed by atoms with E-state index in [2.05, 4.69) is 28.9 Å². The van der Waals surface area contributed by atoms with E-state index in [0.29, 0.717) is 18.1 Å². The number of rotatable bonds is 6. The van der Waals surface area contributed by atoms with Crippen LogP contribution in [0.1, 0.15) is 30.9 Å². The fourth-order valence-corrected chi connectivity index (χ4v) is 2.31. The normalized spacial score (nSPS) is 11.9. The van der Waals surface area contributed by atoms with Crippen LogP contribution >= 0.6 is 15.9 Å². The van der Waals surface area contributed by atoms with Crippen LogP contribution in [0.2, 0.25) is 0 Å². The molecule has 17 heavy (non-hydrogen) atoms. The van der Waals surface area contributed by atoms with Crippen molar-refractivity contribution in [1.82, 2.24) is 0 Å². The van der Waals surface area contributed by atoms with Crippen LogP contribution in [0, 0.1) is 24.2 Å². The summed E-state index contributed by atoms with van der Waals surface area (Å²) in [4.78, 5) is 0. The second-order valence-electron chi connectivity index (χ2n) is 4.31. The summed E-state index contributed by atoms with van der Waals surface area (Å²) in [5.41, 5.74) is 1.73. The molecule has 1 unspecified atom stereocenters. The molecule has 0 bridgehead atoms.